The standard InChI is InChI=1S/C17H24ClN3O3S/c1-19(16-5-10-25(23,24)13-16)12-17(22)21-8-6-20(7-9-21)15-4-2-3-14(18)11-15/h2-4,11,16H,5-10,12-13H2,1H3. The molecule has 1 unspecified atom stereocenters. The van der Waals surface area contributed by atoms with Gasteiger partial charge in [-0.1, -0.05) is 17.7 Å². The molecule has 0 spiro atoms. The van der Waals surface area contributed by atoms with Crippen molar-refractivity contribution >= 4 is 33.0 Å². The molecule has 2 fully saturated rings. The third kappa shape index (κ3) is 4.65. The Balaban J connectivity index is 1.50. The predicted molar refractivity (Wildman–Crippen MR) is 99.9 cm³/mol. The van der Waals surface area contributed by atoms with Gasteiger partial charge in [0.05, 0.1) is 18.1 Å². The summed E-state index contributed by atoms with van der Waals surface area (Å²) < 4.78 is 23.2. The molecule has 8 heteroatoms. The van der Waals surface area contributed by atoms with E-state index in [9.17, 15) is 13.2 Å². The van der Waals surface area contributed by atoms with Crippen LogP contribution in [0.15, 0.2) is 24.3 Å². The molecule has 1 atom stereocenters. The quantitative estimate of drug-likeness (QED) is 0.777. The van der Waals surface area contributed by atoms with Crippen LogP contribution in [-0.2, 0) is 14.6 Å². The average Bonchev–Trinajstić information content (AvgIpc) is 2.95. The second-order valence-electron chi connectivity index (χ2n) is 6.82. The second kappa shape index (κ2) is 7.51. The van der Waals surface area contributed by atoms with Gasteiger partial charge in [-0.05, 0) is 31.7 Å². The summed E-state index contributed by atoms with van der Waals surface area (Å²) in [6.07, 6.45) is 0.620. The highest BCUT2D eigenvalue weighted by Crippen LogP contribution is 2.21. The third-order valence-electron chi connectivity index (χ3n) is 5.02. The largest absolute Gasteiger partial charge is 0.368 e. The Morgan fingerprint density at radius 2 is 2.00 bits per heavy atom. The summed E-state index contributed by atoms with van der Waals surface area (Å²) in [4.78, 5) is 18.5. The summed E-state index contributed by atoms with van der Waals surface area (Å²) in [6.45, 7) is 3.16. The maximum atomic E-state index is 12.5. The molecule has 0 bridgehead atoms. The number of hydrogen-bond donors (Lipinski definition) is 0. The maximum absolute atomic E-state index is 12.5. The number of carbonyl (C=O) groups is 1. The molecule has 1 aromatic rings. The first kappa shape index (κ1) is 18.5. The van der Waals surface area contributed by atoms with Crippen LogP contribution in [0.25, 0.3) is 0 Å². The number of hydrogen-bond acceptors (Lipinski definition) is 5. The molecule has 6 nitrogen and oxygen atoms in total. The van der Waals surface area contributed by atoms with Gasteiger partial charge in [-0.2, -0.15) is 0 Å². The average molecular weight is 386 g/mol. The molecule has 25 heavy (non-hydrogen) atoms. The summed E-state index contributed by atoms with van der Waals surface area (Å²) in [5.41, 5.74) is 1.08. The fourth-order valence-electron chi connectivity index (χ4n) is 3.45. The normalized spacial score (nSPS) is 23.2. The fourth-order valence-corrected chi connectivity index (χ4v) is 5.44. The first-order valence-corrected chi connectivity index (χ1v) is 10.7. The highest BCUT2D eigenvalue weighted by Gasteiger charge is 2.32. The molecule has 1 amide bonds. The SMILES string of the molecule is CN(CC(=O)N1CCN(c2cccc(Cl)c2)CC1)C1CCS(=O)(=O)C1. The van der Waals surface area contributed by atoms with Crippen molar-refractivity contribution in [1.29, 1.82) is 0 Å². The number of nitrogens with zero attached hydrogens (tertiary/aromatic N) is 3. The van der Waals surface area contributed by atoms with Gasteiger partial charge in [-0.15, -0.1) is 0 Å². The van der Waals surface area contributed by atoms with Crippen molar-refractivity contribution in [2.45, 2.75) is 12.5 Å². The minimum absolute atomic E-state index is 0.0401. The zero-order valence-corrected chi connectivity index (χ0v) is 16.0. The van der Waals surface area contributed by atoms with Gasteiger partial charge in [0, 0.05) is 42.9 Å². The van der Waals surface area contributed by atoms with Crippen LogP contribution in [-0.4, -0.2) is 81.4 Å². The van der Waals surface area contributed by atoms with E-state index in [2.05, 4.69) is 4.90 Å². The van der Waals surface area contributed by atoms with Crippen molar-refractivity contribution in [2.24, 2.45) is 0 Å². The van der Waals surface area contributed by atoms with E-state index >= 15 is 0 Å². The first-order chi connectivity index (χ1) is 11.8. The highest BCUT2D eigenvalue weighted by atomic mass is 35.5. The summed E-state index contributed by atoms with van der Waals surface area (Å²) in [5, 5.41) is 0.712. The van der Waals surface area contributed by atoms with E-state index in [4.69, 9.17) is 11.6 Å². The first-order valence-electron chi connectivity index (χ1n) is 8.53. The second-order valence-corrected chi connectivity index (χ2v) is 9.48. The topological polar surface area (TPSA) is 60.9 Å². The van der Waals surface area contributed by atoms with Crippen molar-refractivity contribution in [3.63, 3.8) is 0 Å². The number of piperazine rings is 1. The van der Waals surface area contributed by atoms with Gasteiger partial charge < -0.3 is 9.80 Å². The number of carbonyl (C=O) groups excluding carboxylic acids is 1. The van der Waals surface area contributed by atoms with Crippen molar-refractivity contribution < 1.29 is 13.2 Å². The van der Waals surface area contributed by atoms with E-state index in [-0.39, 0.29) is 30.0 Å². The molecule has 0 saturated carbocycles. The van der Waals surface area contributed by atoms with Gasteiger partial charge in [0.25, 0.3) is 0 Å². The van der Waals surface area contributed by atoms with Gasteiger partial charge >= 0.3 is 0 Å². The lowest BCUT2D eigenvalue weighted by molar-refractivity contribution is -0.132. The predicted octanol–water partition coefficient (Wildman–Crippen LogP) is 1.11. The van der Waals surface area contributed by atoms with Crippen LogP contribution >= 0.6 is 11.6 Å². The van der Waals surface area contributed by atoms with E-state index in [1.165, 1.54) is 0 Å². The number of sulfone groups is 1. The van der Waals surface area contributed by atoms with Crippen LogP contribution in [0.2, 0.25) is 5.02 Å². The molecular weight excluding hydrogens is 362 g/mol. The Bertz CT molecular complexity index is 732. The van der Waals surface area contributed by atoms with Gasteiger partial charge in [0.2, 0.25) is 5.91 Å². The molecule has 2 saturated heterocycles. The van der Waals surface area contributed by atoms with E-state index in [0.29, 0.717) is 24.5 Å². The summed E-state index contributed by atoms with van der Waals surface area (Å²) in [5.74, 6) is 0.464. The lowest BCUT2D eigenvalue weighted by atomic mass is 10.2. The molecule has 0 aromatic heterocycles. The monoisotopic (exact) mass is 385 g/mol. The van der Waals surface area contributed by atoms with Crippen molar-refractivity contribution in [3.8, 4) is 0 Å². The van der Waals surface area contributed by atoms with E-state index in [0.717, 1.165) is 18.8 Å². The lowest BCUT2D eigenvalue weighted by Crippen LogP contribution is -2.52. The van der Waals surface area contributed by atoms with Crippen LogP contribution in [0.1, 0.15) is 6.42 Å². The number of amides is 1. The molecule has 2 aliphatic heterocycles. The molecule has 0 radical (unpaired) electrons. The van der Waals surface area contributed by atoms with Gasteiger partial charge in [-0.25, -0.2) is 8.42 Å². The minimum Gasteiger partial charge on any atom is -0.368 e. The zero-order chi connectivity index (χ0) is 18.0. The Kier molecular flexibility index (Phi) is 5.55. The summed E-state index contributed by atoms with van der Waals surface area (Å²) in [6, 6.07) is 7.70. The number of benzene rings is 1. The Morgan fingerprint density at radius 3 is 2.60 bits per heavy atom. The number of anilines is 1. The number of halogens is 1. The van der Waals surface area contributed by atoms with Gasteiger partial charge in [0.15, 0.2) is 9.84 Å². The molecule has 3 rings (SSSR count). The molecule has 2 aliphatic rings. The number of likely N-dealkylation sites (N-methyl/N-ethyl adjacent to an activating group) is 1. The molecular formula is C17H24ClN3O3S. The number of rotatable bonds is 4. The van der Waals surface area contributed by atoms with Crippen LogP contribution < -0.4 is 4.90 Å². The molecule has 1 aromatic carbocycles. The third-order valence-corrected chi connectivity index (χ3v) is 7.01. The zero-order valence-electron chi connectivity index (χ0n) is 14.4. The van der Waals surface area contributed by atoms with Gasteiger partial charge in [-0.3, -0.25) is 9.69 Å². The van der Waals surface area contributed by atoms with E-state index in [1.807, 2.05) is 41.1 Å². The smallest absolute Gasteiger partial charge is 0.236 e. The van der Waals surface area contributed by atoms with E-state index < -0.39 is 9.84 Å². The van der Waals surface area contributed by atoms with Crippen molar-refractivity contribution in [3.05, 3.63) is 29.3 Å². The molecule has 138 valence electrons. The summed E-state index contributed by atoms with van der Waals surface area (Å²) >= 11 is 6.04. The highest BCUT2D eigenvalue weighted by molar-refractivity contribution is 7.91. The van der Waals surface area contributed by atoms with Crippen LogP contribution in [0.4, 0.5) is 5.69 Å². The van der Waals surface area contributed by atoms with E-state index in [1.54, 1.807) is 0 Å². The Morgan fingerprint density at radius 1 is 1.28 bits per heavy atom. The van der Waals surface area contributed by atoms with Crippen LogP contribution in [0, 0.1) is 0 Å². The summed E-state index contributed by atoms with van der Waals surface area (Å²) in [7, 11) is -1.09. The van der Waals surface area contributed by atoms with Crippen LogP contribution in [0.3, 0.4) is 0 Å². The minimum atomic E-state index is -2.93. The molecule has 0 N–H and O–H groups in total. The van der Waals surface area contributed by atoms with Crippen molar-refractivity contribution in [2.75, 3.05) is 56.2 Å². The maximum Gasteiger partial charge on any atom is 0.236 e. The van der Waals surface area contributed by atoms with Crippen molar-refractivity contribution in [1.82, 2.24) is 9.80 Å². The van der Waals surface area contributed by atoms with Crippen LogP contribution in [0.5, 0.6) is 0 Å². The Hall–Kier alpha value is -1.31. The van der Waals surface area contributed by atoms with Gasteiger partial charge in [0.1, 0.15) is 0 Å². The Labute approximate surface area is 154 Å². The molecule has 2 heterocycles. The fraction of sp³-hybridized carbons (Fsp3) is 0.588. The lowest BCUT2D eigenvalue weighted by Gasteiger charge is -2.37. The molecule has 0 aliphatic carbocycles.